The van der Waals surface area contributed by atoms with E-state index in [-0.39, 0.29) is 21.0 Å². The molecule has 106 valence electrons. The summed E-state index contributed by atoms with van der Waals surface area (Å²) in [5.74, 6) is -2.57. The van der Waals surface area contributed by atoms with Crippen molar-refractivity contribution in [3.8, 4) is 0 Å². The van der Waals surface area contributed by atoms with Crippen LogP contribution in [-0.4, -0.2) is 27.0 Å². The van der Waals surface area contributed by atoms with Gasteiger partial charge in [-0.05, 0) is 22.0 Å². The first-order chi connectivity index (χ1) is 9.45. The van der Waals surface area contributed by atoms with Gasteiger partial charge >= 0.3 is 5.97 Å². The number of nitrogens with one attached hydrogen (secondary N) is 1. The van der Waals surface area contributed by atoms with Crippen LogP contribution in [0.3, 0.4) is 0 Å². The van der Waals surface area contributed by atoms with Crippen molar-refractivity contribution in [1.82, 2.24) is 10.2 Å². The Morgan fingerprint density at radius 1 is 1.45 bits per heavy atom. The van der Waals surface area contributed by atoms with Crippen molar-refractivity contribution in [2.45, 2.75) is 4.34 Å². The number of halogens is 3. The SMILES string of the molecule is O=C(O)CSc1nnc(Nc2c(F)cc(F)cc2Br)s1. The van der Waals surface area contributed by atoms with Crippen LogP contribution in [0.25, 0.3) is 0 Å². The predicted molar refractivity (Wildman–Crippen MR) is 75.6 cm³/mol. The molecule has 0 fully saturated rings. The lowest BCUT2D eigenvalue weighted by Gasteiger charge is -2.06. The molecule has 0 saturated heterocycles. The Morgan fingerprint density at radius 3 is 2.85 bits per heavy atom. The Labute approximate surface area is 128 Å². The van der Waals surface area contributed by atoms with Gasteiger partial charge in [0.05, 0.1) is 11.4 Å². The van der Waals surface area contributed by atoms with Crippen LogP contribution >= 0.6 is 39.0 Å². The fourth-order valence-corrected chi connectivity index (χ4v) is 3.19. The molecule has 0 aliphatic heterocycles. The Bertz CT molecular complexity index is 630. The zero-order valence-electron chi connectivity index (χ0n) is 9.56. The zero-order valence-corrected chi connectivity index (χ0v) is 12.8. The maximum Gasteiger partial charge on any atom is 0.313 e. The van der Waals surface area contributed by atoms with Gasteiger partial charge < -0.3 is 10.4 Å². The Kier molecular flexibility index (Phi) is 4.89. The molecule has 0 amide bonds. The second kappa shape index (κ2) is 6.46. The van der Waals surface area contributed by atoms with Crippen molar-refractivity contribution in [2.24, 2.45) is 0 Å². The van der Waals surface area contributed by atoms with Crippen LogP contribution in [-0.2, 0) is 4.79 Å². The van der Waals surface area contributed by atoms with Crippen LogP contribution in [0.1, 0.15) is 0 Å². The van der Waals surface area contributed by atoms with Crippen LogP contribution in [0.4, 0.5) is 19.6 Å². The first-order valence-electron chi connectivity index (χ1n) is 5.05. The molecule has 1 heterocycles. The number of benzene rings is 1. The maximum atomic E-state index is 13.6. The van der Waals surface area contributed by atoms with E-state index in [9.17, 15) is 13.6 Å². The van der Waals surface area contributed by atoms with Gasteiger partial charge in [-0.15, -0.1) is 10.2 Å². The number of rotatable bonds is 5. The molecule has 5 nitrogen and oxygen atoms in total. The lowest BCUT2D eigenvalue weighted by Crippen LogP contribution is -1.96. The molecule has 0 aliphatic carbocycles. The lowest BCUT2D eigenvalue weighted by atomic mass is 10.3. The first-order valence-corrected chi connectivity index (χ1v) is 7.65. The van der Waals surface area contributed by atoms with Crippen LogP contribution in [0, 0.1) is 11.6 Å². The van der Waals surface area contributed by atoms with E-state index in [4.69, 9.17) is 5.11 Å². The molecular formula is C10H6BrF2N3O2S2. The molecule has 10 heteroatoms. The number of thioether (sulfide) groups is 1. The van der Waals surface area contributed by atoms with E-state index >= 15 is 0 Å². The average molecular weight is 382 g/mol. The standard InChI is InChI=1S/C10H6BrF2N3O2S2/c11-5-1-4(12)2-6(13)8(5)14-9-15-16-10(20-9)19-3-7(17)18/h1-2H,3H2,(H,14,15)(H,17,18). The van der Waals surface area contributed by atoms with E-state index < -0.39 is 17.6 Å². The summed E-state index contributed by atoms with van der Waals surface area (Å²) in [5.41, 5.74) is 0.0392. The van der Waals surface area contributed by atoms with E-state index in [2.05, 4.69) is 31.4 Å². The summed E-state index contributed by atoms with van der Waals surface area (Å²) in [6.07, 6.45) is 0. The third-order valence-electron chi connectivity index (χ3n) is 1.96. The van der Waals surface area contributed by atoms with Crippen LogP contribution in [0.15, 0.2) is 20.9 Å². The second-order valence-electron chi connectivity index (χ2n) is 3.42. The van der Waals surface area contributed by atoms with E-state index in [0.717, 1.165) is 35.2 Å². The van der Waals surface area contributed by atoms with Gasteiger partial charge in [0.2, 0.25) is 5.13 Å². The highest BCUT2D eigenvalue weighted by molar-refractivity contribution is 9.10. The number of hydrogen-bond acceptors (Lipinski definition) is 6. The van der Waals surface area contributed by atoms with Crippen molar-refractivity contribution in [3.63, 3.8) is 0 Å². The largest absolute Gasteiger partial charge is 0.481 e. The van der Waals surface area contributed by atoms with Gasteiger partial charge in [0.1, 0.15) is 5.82 Å². The maximum absolute atomic E-state index is 13.6. The van der Waals surface area contributed by atoms with Crippen molar-refractivity contribution in [2.75, 3.05) is 11.1 Å². The summed E-state index contributed by atoms with van der Waals surface area (Å²) < 4.78 is 27.2. The molecule has 0 bridgehead atoms. The quantitative estimate of drug-likeness (QED) is 0.772. The van der Waals surface area contributed by atoms with Crippen LogP contribution in [0.5, 0.6) is 0 Å². The van der Waals surface area contributed by atoms with Crippen molar-refractivity contribution < 1.29 is 18.7 Å². The summed E-state index contributed by atoms with van der Waals surface area (Å²) >= 11 is 5.13. The van der Waals surface area contributed by atoms with E-state index in [0.29, 0.717) is 4.34 Å². The number of nitrogens with zero attached hydrogens (tertiary/aromatic N) is 2. The molecule has 1 aromatic carbocycles. The average Bonchev–Trinajstić information content (AvgIpc) is 2.79. The zero-order chi connectivity index (χ0) is 14.7. The van der Waals surface area contributed by atoms with Crippen molar-refractivity contribution in [1.29, 1.82) is 0 Å². The predicted octanol–water partition coefficient (Wildman–Crippen LogP) is 3.50. The molecule has 0 spiro atoms. The molecule has 20 heavy (non-hydrogen) atoms. The number of carboxylic acids is 1. The topological polar surface area (TPSA) is 75.1 Å². The highest BCUT2D eigenvalue weighted by atomic mass is 79.9. The molecule has 0 radical (unpaired) electrons. The second-order valence-corrected chi connectivity index (χ2v) is 6.48. The number of carbonyl (C=O) groups is 1. The molecule has 2 aromatic rings. The highest BCUT2D eigenvalue weighted by Crippen LogP contribution is 2.32. The summed E-state index contributed by atoms with van der Waals surface area (Å²) in [6.45, 7) is 0. The van der Waals surface area contributed by atoms with E-state index in [1.54, 1.807) is 0 Å². The van der Waals surface area contributed by atoms with E-state index in [1.807, 2.05) is 0 Å². The fraction of sp³-hybridized carbons (Fsp3) is 0.100. The third-order valence-corrected chi connectivity index (χ3v) is 4.55. The monoisotopic (exact) mass is 381 g/mol. The smallest absolute Gasteiger partial charge is 0.313 e. The normalized spacial score (nSPS) is 10.6. The fourth-order valence-electron chi connectivity index (χ4n) is 1.21. The number of aromatic nitrogens is 2. The minimum atomic E-state index is -0.966. The summed E-state index contributed by atoms with van der Waals surface area (Å²) in [6, 6.07) is 1.86. The molecular weight excluding hydrogens is 376 g/mol. The Hall–Kier alpha value is -1.26. The third kappa shape index (κ3) is 3.87. The van der Waals surface area contributed by atoms with Gasteiger partial charge in [-0.3, -0.25) is 4.79 Å². The van der Waals surface area contributed by atoms with Crippen molar-refractivity contribution in [3.05, 3.63) is 28.2 Å². The van der Waals surface area contributed by atoms with Crippen LogP contribution in [0.2, 0.25) is 0 Å². The van der Waals surface area contributed by atoms with Crippen LogP contribution < -0.4 is 5.32 Å². The number of hydrogen-bond donors (Lipinski definition) is 2. The molecule has 2 N–H and O–H groups in total. The number of aliphatic carboxylic acids is 1. The van der Waals surface area contributed by atoms with E-state index in [1.165, 1.54) is 0 Å². The van der Waals surface area contributed by atoms with Gasteiger partial charge in [0, 0.05) is 10.5 Å². The highest BCUT2D eigenvalue weighted by Gasteiger charge is 2.13. The number of anilines is 2. The summed E-state index contributed by atoms with van der Waals surface area (Å²) in [4.78, 5) is 10.4. The molecule has 0 unspecified atom stereocenters. The molecule has 1 aromatic heterocycles. The molecule has 0 aliphatic rings. The van der Waals surface area contributed by atoms with Gasteiger partial charge in [0.25, 0.3) is 0 Å². The van der Waals surface area contributed by atoms with Crippen molar-refractivity contribution >= 4 is 55.8 Å². The molecule has 0 saturated carbocycles. The Morgan fingerprint density at radius 2 is 2.20 bits per heavy atom. The minimum Gasteiger partial charge on any atom is -0.481 e. The number of carboxylic acid groups (broad SMARTS) is 1. The van der Waals surface area contributed by atoms with Gasteiger partial charge in [-0.2, -0.15) is 0 Å². The lowest BCUT2D eigenvalue weighted by molar-refractivity contribution is -0.133. The van der Waals surface area contributed by atoms with Gasteiger partial charge in [-0.1, -0.05) is 23.1 Å². The molecule has 2 rings (SSSR count). The van der Waals surface area contributed by atoms with Gasteiger partial charge in [-0.25, -0.2) is 8.78 Å². The summed E-state index contributed by atoms with van der Waals surface area (Å²) in [7, 11) is 0. The summed E-state index contributed by atoms with van der Waals surface area (Å²) in [5, 5.41) is 19.0. The molecule has 0 atom stereocenters. The Balaban J connectivity index is 2.13. The van der Waals surface area contributed by atoms with Gasteiger partial charge in [0.15, 0.2) is 10.2 Å². The minimum absolute atomic E-state index is 0.0392. The first kappa shape index (κ1) is 15.1.